The van der Waals surface area contributed by atoms with Crippen LogP contribution in [0.5, 0.6) is 0 Å². The minimum atomic E-state index is -0.797. The molecule has 0 aliphatic rings. The number of hydrogen-bond acceptors (Lipinski definition) is 4. The highest BCUT2D eigenvalue weighted by Gasteiger charge is 2.35. The molecule has 0 rings (SSSR count). The molecule has 0 radical (unpaired) electrons. The number of esters is 2. The van der Waals surface area contributed by atoms with Gasteiger partial charge in [0.1, 0.15) is 0 Å². The molecule has 0 saturated heterocycles. The SMILES string of the molecule is C=CCCCC(CC)C(C(=O)OCC)C(=O)OCC. The largest absolute Gasteiger partial charge is 0.465 e. The van der Waals surface area contributed by atoms with Gasteiger partial charge in [0, 0.05) is 0 Å². The molecule has 0 aromatic heterocycles. The van der Waals surface area contributed by atoms with Gasteiger partial charge >= 0.3 is 11.9 Å². The van der Waals surface area contributed by atoms with Gasteiger partial charge in [0.25, 0.3) is 0 Å². The molecule has 0 fully saturated rings. The topological polar surface area (TPSA) is 52.6 Å². The van der Waals surface area contributed by atoms with Crippen LogP contribution >= 0.6 is 0 Å². The van der Waals surface area contributed by atoms with Crippen molar-refractivity contribution in [2.75, 3.05) is 13.2 Å². The zero-order valence-corrected chi connectivity index (χ0v) is 12.3. The average Bonchev–Trinajstić information content (AvgIpc) is 2.38. The number of carbonyl (C=O) groups excluding carboxylic acids is 2. The summed E-state index contributed by atoms with van der Waals surface area (Å²) in [4.78, 5) is 23.9. The number of allylic oxidation sites excluding steroid dienone is 1. The number of ether oxygens (including phenoxy) is 2. The van der Waals surface area contributed by atoms with Crippen LogP contribution in [0.2, 0.25) is 0 Å². The minimum Gasteiger partial charge on any atom is -0.465 e. The van der Waals surface area contributed by atoms with Crippen LogP contribution in [0.25, 0.3) is 0 Å². The Morgan fingerprint density at radius 2 is 1.63 bits per heavy atom. The van der Waals surface area contributed by atoms with E-state index >= 15 is 0 Å². The van der Waals surface area contributed by atoms with Crippen molar-refractivity contribution in [3.05, 3.63) is 12.7 Å². The fourth-order valence-electron chi connectivity index (χ4n) is 2.08. The molecular weight excluding hydrogens is 244 g/mol. The van der Waals surface area contributed by atoms with Crippen LogP contribution < -0.4 is 0 Å². The molecule has 0 bridgehead atoms. The van der Waals surface area contributed by atoms with Gasteiger partial charge in [-0.1, -0.05) is 19.4 Å². The van der Waals surface area contributed by atoms with Gasteiger partial charge < -0.3 is 9.47 Å². The Hall–Kier alpha value is -1.32. The lowest BCUT2D eigenvalue weighted by atomic mass is 9.85. The van der Waals surface area contributed by atoms with Gasteiger partial charge in [0.05, 0.1) is 13.2 Å². The second-order valence-electron chi connectivity index (χ2n) is 4.37. The van der Waals surface area contributed by atoms with E-state index in [9.17, 15) is 9.59 Å². The highest BCUT2D eigenvalue weighted by atomic mass is 16.6. The molecule has 19 heavy (non-hydrogen) atoms. The molecule has 0 heterocycles. The molecule has 0 aliphatic carbocycles. The predicted molar refractivity (Wildman–Crippen MR) is 74.6 cm³/mol. The summed E-state index contributed by atoms with van der Waals surface area (Å²) in [5, 5.41) is 0. The molecule has 0 amide bonds. The molecule has 0 saturated carbocycles. The molecule has 110 valence electrons. The second kappa shape index (κ2) is 10.6. The second-order valence-corrected chi connectivity index (χ2v) is 4.37. The molecular formula is C15H26O4. The fraction of sp³-hybridized carbons (Fsp3) is 0.733. The minimum absolute atomic E-state index is 0.0296. The van der Waals surface area contributed by atoms with Crippen molar-refractivity contribution in [1.29, 1.82) is 0 Å². The van der Waals surface area contributed by atoms with Crippen LogP contribution in [-0.2, 0) is 19.1 Å². The van der Waals surface area contributed by atoms with E-state index in [-0.39, 0.29) is 19.1 Å². The summed E-state index contributed by atoms with van der Waals surface area (Å²) in [6, 6.07) is 0. The maximum Gasteiger partial charge on any atom is 0.320 e. The molecule has 4 nitrogen and oxygen atoms in total. The van der Waals surface area contributed by atoms with Crippen molar-refractivity contribution in [1.82, 2.24) is 0 Å². The zero-order valence-electron chi connectivity index (χ0n) is 12.3. The summed E-state index contributed by atoms with van der Waals surface area (Å²) in [6.07, 6.45) is 5.19. The van der Waals surface area contributed by atoms with Gasteiger partial charge in [0.15, 0.2) is 5.92 Å². The Kier molecular flexibility index (Phi) is 9.85. The Morgan fingerprint density at radius 1 is 1.11 bits per heavy atom. The first-order chi connectivity index (χ1) is 9.12. The standard InChI is InChI=1S/C15H26O4/c1-5-9-10-11-12(6-2)13(14(16)18-7-3)15(17)19-8-4/h5,12-13H,1,6-11H2,2-4H3. The van der Waals surface area contributed by atoms with E-state index in [1.807, 2.05) is 13.0 Å². The third kappa shape index (κ3) is 6.41. The van der Waals surface area contributed by atoms with Crippen molar-refractivity contribution in [2.24, 2.45) is 11.8 Å². The monoisotopic (exact) mass is 270 g/mol. The molecule has 1 atom stereocenters. The van der Waals surface area contributed by atoms with E-state index in [4.69, 9.17) is 9.47 Å². The first-order valence-corrected chi connectivity index (χ1v) is 7.06. The highest BCUT2D eigenvalue weighted by Crippen LogP contribution is 2.25. The lowest BCUT2D eigenvalue weighted by Gasteiger charge is -2.22. The van der Waals surface area contributed by atoms with E-state index in [0.717, 1.165) is 25.7 Å². The van der Waals surface area contributed by atoms with E-state index < -0.39 is 17.9 Å². The number of rotatable bonds is 10. The Bertz CT molecular complexity index is 268. The number of hydrogen-bond donors (Lipinski definition) is 0. The van der Waals surface area contributed by atoms with Gasteiger partial charge in [-0.05, 0) is 39.0 Å². The highest BCUT2D eigenvalue weighted by molar-refractivity contribution is 5.95. The average molecular weight is 270 g/mol. The van der Waals surface area contributed by atoms with Gasteiger partial charge in [-0.15, -0.1) is 6.58 Å². The maximum atomic E-state index is 11.9. The van der Waals surface area contributed by atoms with Gasteiger partial charge in [-0.2, -0.15) is 0 Å². The Balaban J connectivity index is 4.79. The maximum absolute atomic E-state index is 11.9. The summed E-state index contributed by atoms with van der Waals surface area (Å²) in [6.45, 7) is 9.67. The first kappa shape index (κ1) is 17.7. The normalized spacial score (nSPS) is 12.0. The molecule has 0 N–H and O–H groups in total. The lowest BCUT2D eigenvalue weighted by Crippen LogP contribution is -2.34. The van der Waals surface area contributed by atoms with Gasteiger partial charge in [0.2, 0.25) is 0 Å². The number of carbonyl (C=O) groups is 2. The van der Waals surface area contributed by atoms with Crippen molar-refractivity contribution >= 4 is 11.9 Å². The smallest absolute Gasteiger partial charge is 0.320 e. The summed E-state index contributed by atoms with van der Waals surface area (Å²) in [7, 11) is 0. The summed E-state index contributed by atoms with van der Waals surface area (Å²) in [5.74, 6) is -1.76. The zero-order chi connectivity index (χ0) is 14.7. The van der Waals surface area contributed by atoms with E-state index in [0.29, 0.717) is 0 Å². The quantitative estimate of drug-likeness (QED) is 0.265. The molecule has 0 aliphatic heterocycles. The van der Waals surface area contributed by atoms with Gasteiger partial charge in [-0.3, -0.25) is 9.59 Å². The van der Waals surface area contributed by atoms with Crippen LogP contribution in [0.3, 0.4) is 0 Å². The summed E-state index contributed by atoms with van der Waals surface area (Å²) < 4.78 is 10.0. The van der Waals surface area contributed by atoms with Crippen LogP contribution in [0.15, 0.2) is 12.7 Å². The van der Waals surface area contributed by atoms with Crippen LogP contribution in [0.4, 0.5) is 0 Å². The third-order valence-corrected chi connectivity index (χ3v) is 3.06. The van der Waals surface area contributed by atoms with Crippen molar-refractivity contribution < 1.29 is 19.1 Å². The molecule has 4 heteroatoms. The van der Waals surface area contributed by atoms with Crippen LogP contribution in [0, 0.1) is 11.8 Å². The van der Waals surface area contributed by atoms with E-state index in [2.05, 4.69) is 6.58 Å². The van der Waals surface area contributed by atoms with E-state index in [1.54, 1.807) is 13.8 Å². The van der Waals surface area contributed by atoms with E-state index in [1.165, 1.54) is 0 Å². The lowest BCUT2D eigenvalue weighted by molar-refractivity contribution is -0.164. The Labute approximate surface area is 116 Å². The molecule has 1 unspecified atom stereocenters. The molecule has 0 aromatic rings. The predicted octanol–water partition coefficient (Wildman–Crippen LogP) is 3.11. The van der Waals surface area contributed by atoms with Crippen molar-refractivity contribution in [2.45, 2.75) is 46.5 Å². The molecule has 0 spiro atoms. The molecule has 0 aromatic carbocycles. The van der Waals surface area contributed by atoms with Crippen LogP contribution in [-0.4, -0.2) is 25.2 Å². The number of unbranched alkanes of at least 4 members (excludes halogenated alkanes) is 1. The van der Waals surface area contributed by atoms with Crippen LogP contribution in [0.1, 0.15) is 46.5 Å². The van der Waals surface area contributed by atoms with Gasteiger partial charge in [-0.25, -0.2) is 0 Å². The van der Waals surface area contributed by atoms with Crippen molar-refractivity contribution in [3.63, 3.8) is 0 Å². The first-order valence-electron chi connectivity index (χ1n) is 7.06. The Morgan fingerprint density at radius 3 is 2.00 bits per heavy atom. The fourth-order valence-corrected chi connectivity index (χ4v) is 2.08. The summed E-state index contributed by atoms with van der Waals surface area (Å²) in [5.41, 5.74) is 0. The third-order valence-electron chi connectivity index (χ3n) is 3.06. The van der Waals surface area contributed by atoms with Crippen molar-refractivity contribution in [3.8, 4) is 0 Å². The summed E-state index contributed by atoms with van der Waals surface area (Å²) >= 11 is 0.